The van der Waals surface area contributed by atoms with Gasteiger partial charge in [0, 0.05) is 11.1 Å². The second kappa shape index (κ2) is 16.9. The van der Waals surface area contributed by atoms with Crippen molar-refractivity contribution in [2.45, 2.75) is 13.8 Å². The van der Waals surface area contributed by atoms with Gasteiger partial charge in [-0.05, 0) is 26.0 Å². The summed E-state index contributed by atoms with van der Waals surface area (Å²) in [6, 6.07) is 5.48. The predicted molar refractivity (Wildman–Crippen MR) is 99.4 cm³/mol. The molecule has 28 heavy (non-hydrogen) atoms. The fourth-order valence-electron chi connectivity index (χ4n) is 0.856. The minimum atomic E-state index is -1.23. The van der Waals surface area contributed by atoms with Crippen LogP contribution in [0.4, 0.5) is 0 Å². The number of hydrogen-bond donors (Lipinski definition) is 6. The van der Waals surface area contributed by atoms with Crippen LogP contribution in [-0.2, 0) is 9.59 Å². The first-order chi connectivity index (χ1) is 12.8. The number of aliphatic hydroxyl groups excluding tert-OH is 2. The molecule has 0 aliphatic heterocycles. The lowest BCUT2D eigenvalue weighted by Crippen LogP contribution is -2.06. The number of hydrogen-bond acceptors (Lipinski definition) is 6. The Morgan fingerprint density at radius 3 is 1.04 bits per heavy atom. The maximum Gasteiger partial charge on any atom is 0.336 e. The SMILES string of the molecule is C=C(C)C(=O)O.C=C(C)C(=O)O.O=C(O)c1ccccc1C(=O)O.OCCO. The number of aliphatic hydroxyl groups is 2. The smallest absolute Gasteiger partial charge is 0.336 e. The van der Waals surface area contributed by atoms with Gasteiger partial charge in [0.15, 0.2) is 0 Å². The first-order valence-corrected chi connectivity index (χ1v) is 7.38. The maximum absolute atomic E-state index is 10.5. The fourth-order valence-corrected chi connectivity index (χ4v) is 0.856. The molecule has 0 unspecified atom stereocenters. The topological polar surface area (TPSA) is 190 Å². The number of carboxylic acid groups (broad SMARTS) is 4. The van der Waals surface area contributed by atoms with Crippen molar-refractivity contribution in [1.29, 1.82) is 0 Å². The third-order valence-electron chi connectivity index (χ3n) is 2.22. The molecule has 0 aliphatic rings. The summed E-state index contributed by atoms with van der Waals surface area (Å²) in [6.07, 6.45) is 0. The largest absolute Gasteiger partial charge is 0.478 e. The highest BCUT2D eigenvalue weighted by Crippen LogP contribution is 2.07. The zero-order valence-corrected chi connectivity index (χ0v) is 15.5. The van der Waals surface area contributed by atoms with E-state index in [1.165, 1.54) is 38.1 Å². The molecule has 0 atom stereocenters. The lowest BCUT2D eigenvalue weighted by Gasteiger charge is -1.98. The average Bonchev–Trinajstić information content (AvgIpc) is 2.62. The highest BCUT2D eigenvalue weighted by atomic mass is 16.4. The van der Waals surface area contributed by atoms with Gasteiger partial charge in [0.25, 0.3) is 0 Å². The second-order valence-corrected chi connectivity index (χ2v) is 4.77. The van der Waals surface area contributed by atoms with Crippen LogP contribution < -0.4 is 0 Å². The Morgan fingerprint density at radius 1 is 0.714 bits per heavy atom. The molecule has 10 nitrogen and oxygen atoms in total. The molecule has 0 aromatic heterocycles. The third kappa shape index (κ3) is 17.3. The van der Waals surface area contributed by atoms with Crippen LogP contribution in [0.5, 0.6) is 0 Å². The second-order valence-electron chi connectivity index (χ2n) is 4.77. The molecule has 6 N–H and O–H groups in total. The van der Waals surface area contributed by atoms with Crippen LogP contribution in [0.1, 0.15) is 34.6 Å². The van der Waals surface area contributed by atoms with Crippen molar-refractivity contribution in [2.24, 2.45) is 0 Å². The minimum absolute atomic E-state index is 0.125. The summed E-state index contributed by atoms with van der Waals surface area (Å²) >= 11 is 0. The van der Waals surface area contributed by atoms with Crippen molar-refractivity contribution < 1.29 is 49.8 Å². The number of carbonyl (C=O) groups is 4. The summed E-state index contributed by atoms with van der Waals surface area (Å²) in [5.74, 6) is -4.33. The van der Waals surface area contributed by atoms with E-state index in [1.54, 1.807) is 0 Å². The Kier molecular flexibility index (Phi) is 17.7. The first-order valence-electron chi connectivity index (χ1n) is 7.38. The molecule has 156 valence electrons. The summed E-state index contributed by atoms with van der Waals surface area (Å²) in [5, 5.41) is 48.1. The number of rotatable bonds is 5. The van der Waals surface area contributed by atoms with Crippen molar-refractivity contribution in [2.75, 3.05) is 13.2 Å². The van der Waals surface area contributed by atoms with Gasteiger partial charge in [-0.3, -0.25) is 0 Å². The van der Waals surface area contributed by atoms with E-state index in [1.807, 2.05) is 0 Å². The van der Waals surface area contributed by atoms with Crippen LogP contribution in [0, 0.1) is 0 Å². The van der Waals surface area contributed by atoms with Crippen LogP contribution in [0.25, 0.3) is 0 Å². The van der Waals surface area contributed by atoms with Gasteiger partial charge in [-0.1, -0.05) is 25.3 Å². The van der Waals surface area contributed by atoms with Gasteiger partial charge < -0.3 is 30.6 Å². The lowest BCUT2D eigenvalue weighted by molar-refractivity contribution is -0.133. The molecule has 0 radical (unpaired) electrons. The first kappa shape index (κ1) is 29.3. The van der Waals surface area contributed by atoms with Crippen LogP contribution in [-0.4, -0.2) is 67.7 Å². The van der Waals surface area contributed by atoms with Gasteiger partial charge in [0.2, 0.25) is 0 Å². The number of benzene rings is 1. The fraction of sp³-hybridized carbons (Fsp3) is 0.222. The van der Waals surface area contributed by atoms with E-state index in [0.717, 1.165) is 0 Å². The van der Waals surface area contributed by atoms with E-state index in [-0.39, 0.29) is 35.5 Å². The van der Waals surface area contributed by atoms with Crippen LogP contribution in [0.3, 0.4) is 0 Å². The molecule has 0 saturated heterocycles. The van der Waals surface area contributed by atoms with E-state index in [4.69, 9.17) is 30.6 Å². The molecule has 10 heteroatoms. The van der Waals surface area contributed by atoms with Gasteiger partial charge in [-0.2, -0.15) is 0 Å². The molecule has 0 heterocycles. The molecule has 0 aliphatic carbocycles. The summed E-state index contributed by atoms with van der Waals surface area (Å²) in [5.41, 5.74) is -0.0278. The highest BCUT2D eigenvalue weighted by molar-refractivity contribution is 6.01. The van der Waals surface area contributed by atoms with Gasteiger partial charge in [-0.25, -0.2) is 19.2 Å². The van der Waals surface area contributed by atoms with Crippen molar-refractivity contribution in [3.63, 3.8) is 0 Å². The third-order valence-corrected chi connectivity index (χ3v) is 2.22. The van der Waals surface area contributed by atoms with Crippen molar-refractivity contribution in [1.82, 2.24) is 0 Å². The predicted octanol–water partition coefficient (Wildman–Crippen LogP) is 1.35. The molecular weight excluding hydrogens is 376 g/mol. The molecule has 1 aromatic carbocycles. The standard InChI is InChI=1S/C8H6O4.2C4H6O2.C2H6O2/c9-7(10)5-3-1-2-4-6(5)8(11)12;2*1-3(2)4(5)6;3-1-2-4/h1-4H,(H,9,10)(H,11,12);2*1H2,2H3,(H,5,6);3-4H,1-2H2. The van der Waals surface area contributed by atoms with Gasteiger partial charge in [0.1, 0.15) is 0 Å². The Balaban J connectivity index is -0.000000332. The Labute approximate surface area is 161 Å². The normalized spacial score (nSPS) is 8.29. The molecule has 1 rings (SSSR count). The van der Waals surface area contributed by atoms with Gasteiger partial charge in [0.05, 0.1) is 24.3 Å². The average molecular weight is 400 g/mol. The summed E-state index contributed by atoms with van der Waals surface area (Å²) in [4.78, 5) is 40.1. The van der Waals surface area contributed by atoms with Gasteiger partial charge >= 0.3 is 23.9 Å². The van der Waals surface area contributed by atoms with Gasteiger partial charge in [-0.15, -0.1) is 0 Å². The molecule has 0 bridgehead atoms. The molecule has 0 spiro atoms. The maximum atomic E-state index is 10.5. The van der Waals surface area contributed by atoms with E-state index in [2.05, 4.69) is 13.2 Å². The van der Waals surface area contributed by atoms with Crippen LogP contribution in [0.2, 0.25) is 0 Å². The number of carboxylic acids is 4. The van der Waals surface area contributed by atoms with E-state index >= 15 is 0 Å². The van der Waals surface area contributed by atoms with Crippen LogP contribution in [0.15, 0.2) is 48.6 Å². The zero-order valence-electron chi connectivity index (χ0n) is 15.5. The molecular formula is C18H24O10. The van der Waals surface area contributed by atoms with Crippen molar-refractivity contribution in [3.05, 3.63) is 59.7 Å². The number of aromatic carboxylic acids is 2. The Hall–Kier alpha value is -3.50. The Morgan fingerprint density at radius 2 is 0.929 bits per heavy atom. The molecule has 0 fully saturated rings. The summed E-state index contributed by atoms with van der Waals surface area (Å²) in [7, 11) is 0. The molecule has 0 saturated carbocycles. The summed E-state index contributed by atoms with van der Waals surface area (Å²) < 4.78 is 0. The number of aliphatic carboxylic acids is 2. The minimum Gasteiger partial charge on any atom is -0.478 e. The van der Waals surface area contributed by atoms with E-state index < -0.39 is 23.9 Å². The van der Waals surface area contributed by atoms with Crippen molar-refractivity contribution in [3.8, 4) is 0 Å². The quantitative estimate of drug-likeness (QED) is 0.393. The zero-order chi connectivity index (χ0) is 22.9. The van der Waals surface area contributed by atoms with Crippen LogP contribution >= 0.6 is 0 Å². The van der Waals surface area contributed by atoms with E-state index in [9.17, 15) is 19.2 Å². The Bertz CT molecular complexity index is 608. The highest BCUT2D eigenvalue weighted by Gasteiger charge is 2.13. The summed E-state index contributed by atoms with van der Waals surface area (Å²) in [6.45, 7) is 8.95. The van der Waals surface area contributed by atoms with Crippen molar-refractivity contribution >= 4 is 23.9 Å². The molecule has 1 aromatic rings. The molecule has 0 amide bonds. The monoisotopic (exact) mass is 400 g/mol. The lowest BCUT2D eigenvalue weighted by atomic mass is 10.1. The van der Waals surface area contributed by atoms with E-state index in [0.29, 0.717) is 0 Å².